The summed E-state index contributed by atoms with van der Waals surface area (Å²) in [6, 6.07) is 4.16. The number of nitrogens with two attached hydrogens (primary N) is 1. The number of piperidine rings is 1. The zero-order valence-electron chi connectivity index (χ0n) is 10.8. The lowest BCUT2D eigenvalue weighted by molar-refractivity contribution is 0.0627. The van der Waals surface area contributed by atoms with Crippen molar-refractivity contribution in [2.75, 3.05) is 18.8 Å². The number of amides is 1. The van der Waals surface area contributed by atoms with Crippen molar-refractivity contribution in [3.63, 3.8) is 0 Å². The lowest BCUT2D eigenvalue weighted by Gasteiger charge is -2.35. The number of anilines is 1. The van der Waals surface area contributed by atoms with E-state index in [1.165, 1.54) is 18.2 Å². The average molecular weight is 250 g/mol. The number of halogens is 1. The highest BCUT2D eigenvalue weighted by Crippen LogP contribution is 2.24. The fourth-order valence-electron chi connectivity index (χ4n) is 2.31. The number of hydrogen-bond donors (Lipinski definition) is 1. The van der Waals surface area contributed by atoms with Gasteiger partial charge in [-0.2, -0.15) is 0 Å². The molecule has 2 atom stereocenters. The molecule has 1 aliphatic heterocycles. The number of nitrogen functional groups attached to an aromatic ring is 1. The van der Waals surface area contributed by atoms with Gasteiger partial charge in [-0.1, -0.05) is 13.8 Å². The molecule has 0 saturated carbocycles. The summed E-state index contributed by atoms with van der Waals surface area (Å²) in [5.41, 5.74) is 5.99. The van der Waals surface area contributed by atoms with Crippen LogP contribution in [0.3, 0.4) is 0 Å². The van der Waals surface area contributed by atoms with Crippen LogP contribution in [0.25, 0.3) is 0 Å². The number of nitrogens with zero attached hydrogens (tertiary/aromatic N) is 1. The van der Waals surface area contributed by atoms with Crippen LogP contribution >= 0.6 is 0 Å². The molecule has 1 heterocycles. The Bertz CT molecular complexity index is 461. The SMILES string of the molecule is CC1CCN(C(=O)c2ccc(F)c(N)c2)CC1C. The number of likely N-dealkylation sites (tertiary alicyclic amines) is 1. The van der Waals surface area contributed by atoms with E-state index < -0.39 is 5.82 Å². The molecule has 3 nitrogen and oxygen atoms in total. The molecule has 0 aromatic heterocycles. The normalized spacial score (nSPS) is 24.1. The van der Waals surface area contributed by atoms with Crippen molar-refractivity contribution in [2.24, 2.45) is 11.8 Å². The van der Waals surface area contributed by atoms with E-state index in [2.05, 4.69) is 13.8 Å². The smallest absolute Gasteiger partial charge is 0.253 e. The first-order chi connectivity index (χ1) is 8.49. The van der Waals surface area contributed by atoms with Gasteiger partial charge < -0.3 is 10.6 Å². The maximum absolute atomic E-state index is 13.1. The molecule has 2 unspecified atom stereocenters. The van der Waals surface area contributed by atoms with Gasteiger partial charge in [0, 0.05) is 18.7 Å². The second-order valence-corrected chi connectivity index (χ2v) is 5.23. The third kappa shape index (κ3) is 2.47. The van der Waals surface area contributed by atoms with Crippen molar-refractivity contribution in [2.45, 2.75) is 20.3 Å². The molecule has 1 amide bonds. The standard InChI is InChI=1S/C14H19FN2O/c1-9-5-6-17(8-10(9)2)14(18)11-3-4-12(15)13(16)7-11/h3-4,7,9-10H,5-6,8,16H2,1-2H3. The van der Waals surface area contributed by atoms with Gasteiger partial charge in [-0.3, -0.25) is 4.79 Å². The van der Waals surface area contributed by atoms with E-state index in [-0.39, 0.29) is 11.6 Å². The minimum absolute atomic E-state index is 0.0271. The van der Waals surface area contributed by atoms with E-state index in [0.717, 1.165) is 19.5 Å². The Kier molecular flexibility index (Phi) is 3.55. The molecule has 18 heavy (non-hydrogen) atoms. The first-order valence-electron chi connectivity index (χ1n) is 6.33. The number of benzene rings is 1. The van der Waals surface area contributed by atoms with E-state index in [1.807, 2.05) is 4.90 Å². The van der Waals surface area contributed by atoms with Crippen molar-refractivity contribution in [3.05, 3.63) is 29.6 Å². The Morgan fingerprint density at radius 1 is 1.39 bits per heavy atom. The topological polar surface area (TPSA) is 46.3 Å². The summed E-state index contributed by atoms with van der Waals surface area (Å²) in [6.45, 7) is 5.89. The molecule has 0 radical (unpaired) electrons. The van der Waals surface area contributed by atoms with Crippen LogP contribution < -0.4 is 5.73 Å². The molecule has 0 bridgehead atoms. The predicted molar refractivity (Wildman–Crippen MR) is 69.7 cm³/mol. The molecule has 2 N–H and O–H groups in total. The van der Waals surface area contributed by atoms with Crippen molar-refractivity contribution >= 4 is 11.6 Å². The summed E-state index contributed by atoms with van der Waals surface area (Å²) < 4.78 is 13.1. The third-order valence-electron chi connectivity index (χ3n) is 3.86. The molecule has 0 spiro atoms. The van der Waals surface area contributed by atoms with Crippen LogP contribution in [0.5, 0.6) is 0 Å². The molecule has 1 aromatic carbocycles. The Labute approximate surface area is 107 Å². The highest BCUT2D eigenvalue weighted by atomic mass is 19.1. The summed E-state index contributed by atoms with van der Waals surface area (Å²) in [6.07, 6.45) is 1.02. The van der Waals surface area contributed by atoms with E-state index in [0.29, 0.717) is 17.4 Å². The zero-order chi connectivity index (χ0) is 13.3. The molecule has 1 fully saturated rings. The van der Waals surface area contributed by atoms with Gasteiger partial charge in [-0.15, -0.1) is 0 Å². The molecule has 4 heteroatoms. The van der Waals surface area contributed by atoms with Gasteiger partial charge in [-0.05, 0) is 36.5 Å². The second kappa shape index (κ2) is 4.96. The quantitative estimate of drug-likeness (QED) is 0.778. The van der Waals surface area contributed by atoms with Crippen LogP contribution in [0.1, 0.15) is 30.6 Å². The summed E-state index contributed by atoms with van der Waals surface area (Å²) in [5, 5.41) is 0. The molecule has 1 aliphatic rings. The monoisotopic (exact) mass is 250 g/mol. The summed E-state index contributed by atoms with van der Waals surface area (Å²) in [5.74, 6) is 0.612. The van der Waals surface area contributed by atoms with Gasteiger partial charge in [0.25, 0.3) is 5.91 Å². The van der Waals surface area contributed by atoms with Crippen molar-refractivity contribution in [3.8, 4) is 0 Å². The maximum atomic E-state index is 13.1. The van der Waals surface area contributed by atoms with Gasteiger partial charge in [0.2, 0.25) is 0 Å². The van der Waals surface area contributed by atoms with Gasteiger partial charge in [-0.25, -0.2) is 4.39 Å². The summed E-state index contributed by atoms with van der Waals surface area (Å²) >= 11 is 0. The molecule has 98 valence electrons. The van der Waals surface area contributed by atoms with Crippen LogP contribution in [0, 0.1) is 17.7 Å². The minimum Gasteiger partial charge on any atom is -0.396 e. The third-order valence-corrected chi connectivity index (χ3v) is 3.86. The maximum Gasteiger partial charge on any atom is 0.253 e. The first-order valence-corrected chi connectivity index (χ1v) is 6.33. The van der Waals surface area contributed by atoms with Crippen molar-refractivity contribution < 1.29 is 9.18 Å². The number of carbonyl (C=O) groups excluding carboxylic acids is 1. The van der Waals surface area contributed by atoms with Crippen molar-refractivity contribution in [1.82, 2.24) is 4.90 Å². The lowest BCUT2D eigenvalue weighted by atomic mass is 9.88. The predicted octanol–water partition coefficient (Wildman–Crippen LogP) is 2.53. The zero-order valence-corrected chi connectivity index (χ0v) is 10.8. The highest BCUT2D eigenvalue weighted by molar-refractivity contribution is 5.95. The van der Waals surface area contributed by atoms with Gasteiger partial charge in [0.1, 0.15) is 5.82 Å². The fraction of sp³-hybridized carbons (Fsp3) is 0.500. The van der Waals surface area contributed by atoms with E-state index in [1.54, 1.807) is 0 Å². The molecular weight excluding hydrogens is 231 g/mol. The Balaban J connectivity index is 2.14. The van der Waals surface area contributed by atoms with Gasteiger partial charge in [0.15, 0.2) is 0 Å². The van der Waals surface area contributed by atoms with E-state index >= 15 is 0 Å². The largest absolute Gasteiger partial charge is 0.396 e. The summed E-state index contributed by atoms with van der Waals surface area (Å²) in [4.78, 5) is 14.1. The minimum atomic E-state index is -0.479. The summed E-state index contributed by atoms with van der Waals surface area (Å²) in [7, 11) is 0. The van der Waals surface area contributed by atoms with Crippen molar-refractivity contribution in [1.29, 1.82) is 0 Å². The molecular formula is C14H19FN2O. The lowest BCUT2D eigenvalue weighted by Crippen LogP contribution is -2.42. The molecule has 0 aliphatic carbocycles. The fourth-order valence-corrected chi connectivity index (χ4v) is 2.31. The Morgan fingerprint density at radius 2 is 2.11 bits per heavy atom. The van der Waals surface area contributed by atoms with Crippen LogP contribution in [-0.4, -0.2) is 23.9 Å². The van der Waals surface area contributed by atoms with Gasteiger partial charge >= 0.3 is 0 Å². The van der Waals surface area contributed by atoms with Crippen LogP contribution in [0.2, 0.25) is 0 Å². The van der Waals surface area contributed by atoms with E-state index in [4.69, 9.17) is 5.73 Å². The van der Waals surface area contributed by atoms with Crippen LogP contribution in [-0.2, 0) is 0 Å². The molecule has 2 rings (SSSR count). The Hall–Kier alpha value is -1.58. The average Bonchev–Trinajstić information content (AvgIpc) is 2.35. The van der Waals surface area contributed by atoms with Crippen LogP contribution in [0.15, 0.2) is 18.2 Å². The number of hydrogen-bond acceptors (Lipinski definition) is 2. The molecule has 1 saturated heterocycles. The van der Waals surface area contributed by atoms with E-state index in [9.17, 15) is 9.18 Å². The van der Waals surface area contributed by atoms with Gasteiger partial charge in [0.05, 0.1) is 5.69 Å². The molecule has 1 aromatic rings. The Morgan fingerprint density at radius 3 is 2.72 bits per heavy atom. The van der Waals surface area contributed by atoms with Crippen LogP contribution in [0.4, 0.5) is 10.1 Å². The second-order valence-electron chi connectivity index (χ2n) is 5.23. The first kappa shape index (κ1) is 12.9. The highest BCUT2D eigenvalue weighted by Gasteiger charge is 2.26. The number of carbonyl (C=O) groups is 1. The number of rotatable bonds is 1.